The lowest BCUT2D eigenvalue weighted by atomic mass is 10.1. The third-order valence-corrected chi connectivity index (χ3v) is 4.02. The van der Waals surface area contributed by atoms with Crippen molar-refractivity contribution in [1.29, 1.82) is 0 Å². The second-order valence-corrected chi connectivity index (χ2v) is 5.85. The molecule has 0 radical (unpaired) electrons. The van der Waals surface area contributed by atoms with E-state index in [1.54, 1.807) is 0 Å². The van der Waals surface area contributed by atoms with Crippen molar-refractivity contribution in [3.05, 3.63) is 42.2 Å². The van der Waals surface area contributed by atoms with E-state index in [0.717, 1.165) is 37.4 Å². The van der Waals surface area contributed by atoms with Gasteiger partial charge in [-0.05, 0) is 18.6 Å². The van der Waals surface area contributed by atoms with Gasteiger partial charge in [0.15, 0.2) is 0 Å². The summed E-state index contributed by atoms with van der Waals surface area (Å²) < 4.78 is 7.50. The van der Waals surface area contributed by atoms with Crippen molar-refractivity contribution in [2.45, 2.75) is 38.8 Å². The Bertz CT molecular complexity index is 635. The first-order valence-corrected chi connectivity index (χ1v) is 8.12. The van der Waals surface area contributed by atoms with Gasteiger partial charge in [-0.2, -0.15) is 0 Å². The average Bonchev–Trinajstić information content (AvgIpc) is 2.99. The van der Waals surface area contributed by atoms with Gasteiger partial charge in [0.25, 0.3) is 0 Å². The van der Waals surface area contributed by atoms with Crippen LogP contribution in [0.1, 0.15) is 37.9 Å². The molecule has 2 heterocycles. The highest BCUT2D eigenvalue weighted by Crippen LogP contribution is 2.22. The van der Waals surface area contributed by atoms with Crippen LogP contribution in [-0.2, 0) is 11.4 Å². The minimum Gasteiger partial charge on any atom is -0.487 e. The molecule has 0 atom stereocenters. The number of nitrogens with zero attached hydrogens (tertiary/aromatic N) is 4. The molecule has 6 heteroatoms. The number of amides is 1. The predicted octanol–water partition coefficient (Wildman–Crippen LogP) is 2.43. The molecule has 2 aromatic rings. The summed E-state index contributed by atoms with van der Waals surface area (Å²) in [5.41, 5.74) is 0.796. The van der Waals surface area contributed by atoms with Crippen LogP contribution in [0.2, 0.25) is 0 Å². The Balaban J connectivity index is 1.46. The number of hydrogen-bond donors (Lipinski definition) is 0. The molecule has 1 aliphatic heterocycles. The number of ether oxygens (including phenoxy) is 1. The highest BCUT2D eigenvalue weighted by Gasteiger charge is 2.32. The van der Waals surface area contributed by atoms with E-state index < -0.39 is 0 Å². The van der Waals surface area contributed by atoms with E-state index in [1.165, 1.54) is 0 Å². The minimum absolute atomic E-state index is 0.235. The Morgan fingerprint density at radius 2 is 2.09 bits per heavy atom. The molecule has 1 saturated heterocycles. The Morgan fingerprint density at radius 3 is 2.83 bits per heavy atom. The van der Waals surface area contributed by atoms with Gasteiger partial charge in [0, 0.05) is 19.5 Å². The van der Waals surface area contributed by atoms with E-state index >= 15 is 0 Å². The molecule has 0 spiro atoms. The number of para-hydroxylation sites is 1. The summed E-state index contributed by atoms with van der Waals surface area (Å²) in [7, 11) is 0. The van der Waals surface area contributed by atoms with Crippen LogP contribution in [0.3, 0.4) is 0 Å². The molecular weight excluding hydrogens is 292 g/mol. The molecule has 1 amide bonds. The maximum Gasteiger partial charge on any atom is 0.222 e. The van der Waals surface area contributed by atoms with Gasteiger partial charge in [0.1, 0.15) is 18.1 Å². The molecule has 0 aliphatic carbocycles. The highest BCUT2D eigenvalue weighted by molar-refractivity contribution is 5.77. The van der Waals surface area contributed by atoms with Crippen LogP contribution < -0.4 is 4.74 Å². The van der Waals surface area contributed by atoms with Crippen LogP contribution in [0.15, 0.2) is 36.5 Å². The van der Waals surface area contributed by atoms with Gasteiger partial charge >= 0.3 is 0 Å². The van der Waals surface area contributed by atoms with Gasteiger partial charge in [-0.1, -0.05) is 36.8 Å². The van der Waals surface area contributed by atoms with Gasteiger partial charge in [0.05, 0.1) is 12.2 Å². The van der Waals surface area contributed by atoms with E-state index in [4.69, 9.17) is 4.74 Å². The van der Waals surface area contributed by atoms with Crippen LogP contribution in [0.5, 0.6) is 5.75 Å². The second-order valence-electron chi connectivity index (χ2n) is 5.85. The van der Waals surface area contributed by atoms with Crippen molar-refractivity contribution in [2.75, 3.05) is 13.1 Å². The zero-order valence-corrected chi connectivity index (χ0v) is 13.4. The lowest BCUT2D eigenvalue weighted by Crippen LogP contribution is -2.50. The van der Waals surface area contributed by atoms with Gasteiger partial charge in [-0.25, -0.2) is 4.68 Å². The van der Waals surface area contributed by atoms with E-state index in [9.17, 15) is 4.79 Å². The average molecular weight is 314 g/mol. The number of carbonyl (C=O) groups is 1. The van der Waals surface area contributed by atoms with Crippen molar-refractivity contribution in [2.24, 2.45) is 0 Å². The van der Waals surface area contributed by atoms with Crippen LogP contribution in [-0.4, -0.2) is 38.9 Å². The van der Waals surface area contributed by atoms with Gasteiger partial charge < -0.3 is 9.64 Å². The fourth-order valence-electron chi connectivity index (χ4n) is 2.54. The van der Waals surface area contributed by atoms with Crippen molar-refractivity contribution < 1.29 is 9.53 Å². The third kappa shape index (κ3) is 3.88. The number of unbranched alkanes of at least 4 members (excludes halogenated alkanes) is 1. The molecule has 0 saturated carbocycles. The monoisotopic (exact) mass is 314 g/mol. The number of rotatable bonds is 7. The molecule has 6 nitrogen and oxygen atoms in total. The highest BCUT2D eigenvalue weighted by atomic mass is 16.5. The number of likely N-dealkylation sites (tertiary alicyclic amines) is 1. The Labute approximate surface area is 136 Å². The lowest BCUT2D eigenvalue weighted by molar-refractivity contribution is -0.137. The summed E-state index contributed by atoms with van der Waals surface area (Å²) in [5, 5.41) is 8.29. The summed E-state index contributed by atoms with van der Waals surface area (Å²) >= 11 is 0. The molecule has 3 rings (SSSR count). The molecule has 0 bridgehead atoms. The fraction of sp³-hybridized carbons (Fsp3) is 0.471. The van der Waals surface area contributed by atoms with Crippen LogP contribution in [0.4, 0.5) is 0 Å². The Kier molecular flexibility index (Phi) is 4.90. The zero-order valence-electron chi connectivity index (χ0n) is 13.4. The lowest BCUT2D eigenvalue weighted by Gasteiger charge is -2.38. The molecule has 1 aromatic heterocycles. The van der Waals surface area contributed by atoms with Crippen LogP contribution in [0, 0.1) is 0 Å². The largest absolute Gasteiger partial charge is 0.487 e. The summed E-state index contributed by atoms with van der Waals surface area (Å²) in [6, 6.07) is 9.88. The second kappa shape index (κ2) is 7.26. The summed E-state index contributed by atoms with van der Waals surface area (Å²) in [6.45, 7) is 3.95. The molecule has 0 N–H and O–H groups in total. The maximum atomic E-state index is 11.9. The molecule has 122 valence electrons. The Morgan fingerprint density at radius 1 is 1.30 bits per heavy atom. The summed E-state index contributed by atoms with van der Waals surface area (Å²) in [4.78, 5) is 13.8. The molecular formula is C17H22N4O2. The predicted molar refractivity (Wildman–Crippen MR) is 85.9 cm³/mol. The van der Waals surface area contributed by atoms with Gasteiger partial charge in [-0.15, -0.1) is 5.10 Å². The SMILES string of the molecule is CCCCC(=O)N1CC(n2cc(COc3ccccc3)nn2)C1. The van der Waals surface area contributed by atoms with Crippen LogP contribution >= 0.6 is 0 Å². The van der Waals surface area contributed by atoms with Crippen molar-refractivity contribution in [1.82, 2.24) is 19.9 Å². The topological polar surface area (TPSA) is 60.2 Å². The van der Waals surface area contributed by atoms with E-state index in [2.05, 4.69) is 17.2 Å². The first-order valence-electron chi connectivity index (χ1n) is 8.12. The van der Waals surface area contributed by atoms with E-state index in [0.29, 0.717) is 13.0 Å². The smallest absolute Gasteiger partial charge is 0.222 e. The zero-order chi connectivity index (χ0) is 16.1. The quantitative estimate of drug-likeness (QED) is 0.787. The van der Waals surface area contributed by atoms with Crippen molar-refractivity contribution >= 4 is 5.91 Å². The normalized spacial score (nSPS) is 14.6. The number of carbonyl (C=O) groups excluding carboxylic acids is 1. The first kappa shape index (κ1) is 15.5. The molecule has 1 fully saturated rings. The third-order valence-electron chi connectivity index (χ3n) is 4.02. The van der Waals surface area contributed by atoms with E-state index in [-0.39, 0.29) is 11.9 Å². The Hall–Kier alpha value is -2.37. The van der Waals surface area contributed by atoms with Crippen LogP contribution in [0.25, 0.3) is 0 Å². The number of aromatic nitrogens is 3. The number of hydrogen-bond acceptors (Lipinski definition) is 4. The summed E-state index contributed by atoms with van der Waals surface area (Å²) in [5.74, 6) is 1.06. The molecule has 1 aliphatic rings. The minimum atomic E-state index is 0.235. The first-order chi connectivity index (χ1) is 11.3. The van der Waals surface area contributed by atoms with Gasteiger partial charge in [0.2, 0.25) is 5.91 Å². The van der Waals surface area contributed by atoms with E-state index in [1.807, 2.05) is 46.1 Å². The van der Waals surface area contributed by atoms with Crippen molar-refractivity contribution in [3.63, 3.8) is 0 Å². The maximum absolute atomic E-state index is 11.9. The molecule has 0 unspecified atom stereocenters. The molecule has 1 aromatic carbocycles. The van der Waals surface area contributed by atoms with Gasteiger partial charge in [-0.3, -0.25) is 4.79 Å². The molecule has 23 heavy (non-hydrogen) atoms. The summed E-state index contributed by atoms with van der Waals surface area (Å²) in [6.07, 6.45) is 4.57. The van der Waals surface area contributed by atoms with Crippen molar-refractivity contribution in [3.8, 4) is 5.75 Å². The standard InChI is InChI=1S/C17H22N4O2/c1-2-3-9-17(22)20-11-15(12-20)21-10-14(18-19-21)13-23-16-7-5-4-6-8-16/h4-8,10,15H,2-3,9,11-13H2,1H3. The fourth-order valence-corrected chi connectivity index (χ4v) is 2.54. The number of benzene rings is 1.